The number of amides is 1. The number of aliphatic hydroxyl groups excluding tert-OH is 1. The maximum Gasteiger partial charge on any atom is 0.336 e. The van der Waals surface area contributed by atoms with Crippen molar-refractivity contribution in [3.63, 3.8) is 0 Å². The molecule has 4 aliphatic heterocycles. The van der Waals surface area contributed by atoms with Crippen LogP contribution in [0.3, 0.4) is 0 Å². The van der Waals surface area contributed by atoms with Crippen LogP contribution in [0.4, 0.5) is 0 Å². The number of carbonyl (C=O) groups is 2. The van der Waals surface area contributed by atoms with Crippen LogP contribution in [-0.4, -0.2) is 88.7 Å². The first kappa shape index (κ1) is 21.3. The zero-order valence-electron chi connectivity index (χ0n) is 18.9. The van der Waals surface area contributed by atoms with E-state index in [1.165, 1.54) is 11.0 Å². The maximum absolute atomic E-state index is 13.5. The number of tetrazole rings is 1. The molecular formula is C22H26N8O4. The van der Waals surface area contributed by atoms with Crippen molar-refractivity contribution in [2.24, 2.45) is 5.41 Å². The Labute approximate surface area is 195 Å². The van der Waals surface area contributed by atoms with Gasteiger partial charge in [-0.2, -0.15) is 4.68 Å². The summed E-state index contributed by atoms with van der Waals surface area (Å²) >= 11 is 0. The minimum absolute atomic E-state index is 0.129. The van der Waals surface area contributed by atoms with Crippen LogP contribution in [0.5, 0.6) is 0 Å². The second-order valence-corrected chi connectivity index (χ2v) is 9.71. The summed E-state index contributed by atoms with van der Waals surface area (Å²) in [5.74, 6) is 0.136. The Morgan fingerprint density at radius 3 is 2.56 bits per heavy atom. The summed E-state index contributed by atoms with van der Waals surface area (Å²) in [5, 5.41) is 21.8. The average molecular weight is 467 g/mol. The second kappa shape index (κ2) is 7.91. The molecule has 1 unspecified atom stereocenters. The molecule has 3 atom stereocenters. The van der Waals surface area contributed by atoms with Gasteiger partial charge in [0.2, 0.25) is 5.91 Å². The van der Waals surface area contributed by atoms with Gasteiger partial charge < -0.3 is 14.7 Å². The van der Waals surface area contributed by atoms with Crippen molar-refractivity contribution < 1.29 is 19.4 Å². The Bertz CT molecular complexity index is 1130. The third-order valence-corrected chi connectivity index (χ3v) is 7.92. The van der Waals surface area contributed by atoms with E-state index < -0.39 is 6.10 Å². The highest BCUT2D eigenvalue weighted by Gasteiger charge is 2.56. The molecule has 3 fully saturated rings. The van der Waals surface area contributed by atoms with Gasteiger partial charge in [0.25, 0.3) is 5.95 Å². The topological polar surface area (TPSA) is 139 Å². The summed E-state index contributed by atoms with van der Waals surface area (Å²) in [6, 6.07) is 0.491. The van der Waals surface area contributed by atoms with Gasteiger partial charge in [-0.05, 0) is 49.5 Å². The molecule has 0 aliphatic carbocycles. The fraction of sp³-hybridized carbons (Fsp3) is 0.591. The molecule has 2 aromatic heterocycles. The van der Waals surface area contributed by atoms with Gasteiger partial charge in [0.1, 0.15) is 12.9 Å². The molecule has 0 radical (unpaired) electrons. The zero-order valence-corrected chi connectivity index (χ0v) is 18.9. The summed E-state index contributed by atoms with van der Waals surface area (Å²) < 4.78 is 6.49. The van der Waals surface area contributed by atoms with Crippen molar-refractivity contribution in [2.45, 2.75) is 57.2 Å². The quantitative estimate of drug-likeness (QED) is 0.606. The van der Waals surface area contributed by atoms with Crippen molar-refractivity contribution in [3.8, 4) is 5.95 Å². The van der Waals surface area contributed by atoms with E-state index in [9.17, 15) is 14.7 Å². The smallest absolute Gasteiger partial charge is 0.336 e. The van der Waals surface area contributed by atoms with Crippen molar-refractivity contribution in [1.29, 1.82) is 0 Å². The molecule has 2 aromatic rings. The lowest BCUT2D eigenvalue weighted by molar-refractivity contribution is -0.140. The molecule has 4 aliphatic rings. The lowest BCUT2D eigenvalue weighted by Crippen LogP contribution is -2.51. The monoisotopic (exact) mass is 466 g/mol. The minimum atomic E-state index is -0.731. The number of nitrogens with zero attached hydrogens (tertiary/aromatic N) is 8. The molecule has 1 amide bonds. The first-order valence-corrected chi connectivity index (χ1v) is 11.6. The highest BCUT2D eigenvalue weighted by Crippen LogP contribution is 2.52. The number of hydrogen-bond acceptors (Lipinski definition) is 10. The Kier molecular flexibility index (Phi) is 4.96. The Morgan fingerprint density at radius 2 is 1.94 bits per heavy atom. The number of ether oxygens (including phenoxy) is 1. The van der Waals surface area contributed by atoms with E-state index in [0.717, 1.165) is 37.8 Å². The van der Waals surface area contributed by atoms with E-state index in [-0.39, 0.29) is 36.0 Å². The maximum atomic E-state index is 13.5. The molecule has 12 nitrogen and oxygen atoms in total. The third-order valence-electron chi connectivity index (χ3n) is 7.92. The lowest BCUT2D eigenvalue weighted by atomic mass is 9.73. The van der Waals surface area contributed by atoms with Crippen molar-refractivity contribution in [2.75, 3.05) is 19.7 Å². The number of piperidine rings is 1. The fourth-order valence-electron chi connectivity index (χ4n) is 6.12. The number of hydrogen-bond donors (Lipinski definition) is 1. The van der Waals surface area contributed by atoms with E-state index in [1.807, 2.05) is 0 Å². The van der Waals surface area contributed by atoms with E-state index >= 15 is 0 Å². The van der Waals surface area contributed by atoms with Crippen LogP contribution in [0.1, 0.15) is 50.7 Å². The summed E-state index contributed by atoms with van der Waals surface area (Å²) in [6.07, 6.45) is 8.27. The van der Waals surface area contributed by atoms with Gasteiger partial charge in [-0.1, -0.05) is 0 Å². The first-order chi connectivity index (χ1) is 16.4. The molecule has 2 bridgehead atoms. The van der Waals surface area contributed by atoms with Crippen LogP contribution in [0.2, 0.25) is 0 Å². The Balaban J connectivity index is 1.14. The number of aliphatic hydroxyl groups is 1. The number of likely N-dealkylation sites (tertiary alicyclic amines) is 1. The molecule has 6 rings (SSSR count). The van der Waals surface area contributed by atoms with Gasteiger partial charge >= 0.3 is 5.97 Å². The highest BCUT2D eigenvalue weighted by atomic mass is 16.5. The van der Waals surface area contributed by atoms with Gasteiger partial charge in [-0.15, -0.1) is 5.10 Å². The molecule has 3 saturated heterocycles. The zero-order chi connectivity index (χ0) is 23.4. The van der Waals surface area contributed by atoms with Crippen LogP contribution in [0, 0.1) is 5.41 Å². The molecule has 6 heterocycles. The van der Waals surface area contributed by atoms with Crippen molar-refractivity contribution in [1.82, 2.24) is 40.0 Å². The largest absolute Gasteiger partial charge is 0.456 e. The number of aromatic nitrogens is 6. The van der Waals surface area contributed by atoms with Gasteiger partial charge in [0.05, 0.1) is 22.8 Å². The van der Waals surface area contributed by atoms with Gasteiger partial charge in [0.15, 0.2) is 0 Å². The van der Waals surface area contributed by atoms with E-state index in [1.54, 1.807) is 24.2 Å². The first-order valence-electron chi connectivity index (χ1n) is 11.6. The Morgan fingerprint density at radius 1 is 1.21 bits per heavy atom. The lowest BCUT2D eigenvalue weighted by Gasteiger charge is -2.44. The minimum Gasteiger partial charge on any atom is -0.456 e. The van der Waals surface area contributed by atoms with Gasteiger partial charge in [-0.3, -0.25) is 9.69 Å². The molecule has 12 heteroatoms. The number of fused-ring (bicyclic) bond motifs is 2. The summed E-state index contributed by atoms with van der Waals surface area (Å²) in [7, 11) is 0. The van der Waals surface area contributed by atoms with Crippen LogP contribution in [0.15, 0.2) is 30.0 Å². The molecule has 178 valence electrons. The number of cyclic esters (lactones) is 1. The summed E-state index contributed by atoms with van der Waals surface area (Å²) in [4.78, 5) is 38.0. The molecule has 0 aromatic carbocycles. The summed E-state index contributed by atoms with van der Waals surface area (Å²) in [5.41, 5.74) is 1.51. The summed E-state index contributed by atoms with van der Waals surface area (Å²) in [6.45, 7) is 3.03. The number of carbonyl (C=O) groups excluding carboxylic acids is 2. The third kappa shape index (κ3) is 3.31. The van der Waals surface area contributed by atoms with Crippen LogP contribution in [0.25, 0.3) is 5.95 Å². The predicted octanol–water partition coefficient (Wildman–Crippen LogP) is 0.162. The molecule has 1 N–H and O–H groups in total. The highest BCUT2D eigenvalue weighted by molar-refractivity contribution is 5.94. The van der Waals surface area contributed by atoms with E-state index in [4.69, 9.17) is 4.74 Å². The van der Waals surface area contributed by atoms with Crippen molar-refractivity contribution in [3.05, 3.63) is 35.6 Å². The number of esters is 1. The standard InChI is InChI=1S/C22H26N8O4/c1-13-17(11-34-19(13)32)28-5-4-22(20(28)33)6-15-2-3-16(7-22)29(15)10-18(31)14-8-23-21(24-9-14)30-12-25-26-27-30/h8-9,12,15-16,18,31H,2-7,10-11H2,1H3/t15-,16-,18?/m1/s1. The van der Waals surface area contributed by atoms with E-state index in [0.29, 0.717) is 30.2 Å². The van der Waals surface area contributed by atoms with Crippen LogP contribution < -0.4 is 0 Å². The SMILES string of the molecule is CC1=C(N2CCC3(C[C@H]4CC[C@H](C3)N4CC(O)c3cnc(-n4cnnn4)nc3)C2=O)COC1=O. The molecule has 1 spiro atoms. The molecular weight excluding hydrogens is 440 g/mol. The fourth-order valence-corrected chi connectivity index (χ4v) is 6.12. The van der Waals surface area contributed by atoms with Gasteiger partial charge in [-0.25, -0.2) is 14.8 Å². The van der Waals surface area contributed by atoms with E-state index in [2.05, 4.69) is 30.4 Å². The predicted molar refractivity (Wildman–Crippen MR) is 115 cm³/mol. The Hall–Kier alpha value is -3.25. The normalized spacial score (nSPS) is 30.0. The second-order valence-electron chi connectivity index (χ2n) is 9.71. The van der Waals surface area contributed by atoms with Crippen molar-refractivity contribution >= 4 is 11.9 Å². The number of rotatable bonds is 5. The molecule has 34 heavy (non-hydrogen) atoms. The van der Waals surface area contributed by atoms with Gasteiger partial charge in [0, 0.05) is 43.1 Å². The average Bonchev–Trinajstić information content (AvgIpc) is 3.60. The van der Waals surface area contributed by atoms with Crippen LogP contribution in [-0.2, 0) is 14.3 Å². The molecule has 0 saturated carbocycles. The van der Waals surface area contributed by atoms with Crippen LogP contribution >= 0.6 is 0 Å².